The Morgan fingerprint density at radius 1 is 1.20 bits per heavy atom. The molecule has 0 aliphatic rings. The van der Waals surface area contributed by atoms with Crippen LogP contribution in [0, 0.1) is 0 Å². The minimum absolute atomic E-state index is 0.192. The van der Waals surface area contributed by atoms with Crippen LogP contribution >= 0.6 is 19.2 Å². The Hall–Kier alpha value is -1.38. The number of Topliss-reactive ketones (excluding diaryl/α,β-unsaturated/α-hetero) is 1. The summed E-state index contributed by atoms with van der Waals surface area (Å²) in [5.74, 6) is 0.192. The monoisotopic (exact) mass is 455 g/mol. The van der Waals surface area contributed by atoms with E-state index in [-0.39, 0.29) is 5.78 Å². The molecule has 9 heteroatoms. The van der Waals surface area contributed by atoms with Gasteiger partial charge in [-0.15, -0.1) is 11.3 Å². The number of thiophene rings is 1. The zero-order valence-corrected chi connectivity index (χ0v) is 18.8. The van der Waals surface area contributed by atoms with Gasteiger partial charge in [-0.3, -0.25) is 9.32 Å². The van der Waals surface area contributed by atoms with Gasteiger partial charge in [0.15, 0.2) is 5.78 Å². The van der Waals surface area contributed by atoms with Crippen molar-refractivity contribution in [2.75, 3.05) is 13.2 Å². The lowest BCUT2D eigenvalue weighted by Crippen LogP contribution is -2.48. The van der Waals surface area contributed by atoms with Crippen LogP contribution in [-0.2, 0) is 15.5 Å². The van der Waals surface area contributed by atoms with Crippen molar-refractivity contribution in [2.45, 2.75) is 51.0 Å². The summed E-state index contributed by atoms with van der Waals surface area (Å²) < 4.78 is 15.3. The van der Waals surface area contributed by atoms with Gasteiger partial charge in [-0.1, -0.05) is 44.0 Å². The van der Waals surface area contributed by atoms with E-state index in [1.807, 2.05) is 35.7 Å². The number of aryl methyl sites for hydroxylation is 1. The maximum atomic E-state index is 12.3. The van der Waals surface area contributed by atoms with Crippen LogP contribution in [0.5, 0.6) is 0 Å². The van der Waals surface area contributed by atoms with E-state index in [9.17, 15) is 14.5 Å². The van der Waals surface area contributed by atoms with Gasteiger partial charge in [0.2, 0.25) is 0 Å². The Morgan fingerprint density at radius 3 is 2.50 bits per heavy atom. The standard InChI is InChI=1S/C21H30NO6PS/c1-2-3-4-5-19(24)20-12-18(13-30-20)17-8-6-16(7-9-17)10-11-21(22,14-23)15-28-29(25,26)27/h6-9,12-13,23H,2-5,10-11,14-15,22H2,1H3,(H2,25,26,27). The number of hydrogen-bond donors (Lipinski definition) is 4. The molecule has 0 radical (unpaired) electrons. The second-order valence-electron chi connectivity index (χ2n) is 7.56. The van der Waals surface area contributed by atoms with Gasteiger partial charge >= 0.3 is 7.82 Å². The van der Waals surface area contributed by atoms with Crippen LogP contribution in [0.4, 0.5) is 0 Å². The average Bonchev–Trinajstić information content (AvgIpc) is 3.21. The van der Waals surface area contributed by atoms with Crippen molar-refractivity contribution in [2.24, 2.45) is 5.73 Å². The third-order valence-electron chi connectivity index (χ3n) is 4.92. The molecule has 0 fully saturated rings. The van der Waals surface area contributed by atoms with Crippen LogP contribution in [0.3, 0.4) is 0 Å². The maximum Gasteiger partial charge on any atom is 0.469 e. The largest absolute Gasteiger partial charge is 0.469 e. The lowest BCUT2D eigenvalue weighted by atomic mass is 9.93. The SMILES string of the molecule is CCCCCC(=O)c1cc(-c2ccc(CCC(N)(CO)COP(=O)(O)O)cc2)cs1. The molecule has 30 heavy (non-hydrogen) atoms. The summed E-state index contributed by atoms with van der Waals surface area (Å²) >= 11 is 1.47. The number of hydrogen-bond acceptors (Lipinski definition) is 6. The third-order valence-corrected chi connectivity index (χ3v) is 6.35. The molecular weight excluding hydrogens is 425 g/mol. The van der Waals surface area contributed by atoms with Crippen LogP contribution in [0.2, 0.25) is 0 Å². The van der Waals surface area contributed by atoms with E-state index < -0.39 is 26.6 Å². The van der Waals surface area contributed by atoms with E-state index in [0.29, 0.717) is 19.3 Å². The summed E-state index contributed by atoms with van der Waals surface area (Å²) in [5, 5.41) is 11.5. The number of aliphatic hydroxyl groups is 1. The van der Waals surface area contributed by atoms with Crippen molar-refractivity contribution in [1.82, 2.24) is 0 Å². The molecule has 1 aromatic heterocycles. The molecule has 5 N–H and O–H groups in total. The average molecular weight is 456 g/mol. The molecule has 1 unspecified atom stereocenters. The number of ketones is 1. The summed E-state index contributed by atoms with van der Waals surface area (Å²) in [6, 6.07) is 9.75. The topological polar surface area (TPSA) is 130 Å². The van der Waals surface area contributed by atoms with E-state index in [2.05, 4.69) is 11.4 Å². The highest BCUT2D eigenvalue weighted by Crippen LogP contribution is 2.37. The second kappa shape index (κ2) is 11.3. The summed E-state index contributed by atoms with van der Waals surface area (Å²) in [7, 11) is -4.64. The quantitative estimate of drug-likeness (QED) is 0.205. The van der Waals surface area contributed by atoms with Crippen LogP contribution in [-0.4, -0.2) is 39.4 Å². The first-order chi connectivity index (χ1) is 14.2. The van der Waals surface area contributed by atoms with Crippen LogP contribution < -0.4 is 5.73 Å². The zero-order chi connectivity index (χ0) is 22.2. The molecule has 0 saturated heterocycles. The van der Waals surface area contributed by atoms with Crippen molar-refractivity contribution >= 4 is 24.9 Å². The van der Waals surface area contributed by atoms with Crippen molar-refractivity contribution in [3.05, 3.63) is 46.2 Å². The van der Waals surface area contributed by atoms with Crippen LogP contribution in [0.25, 0.3) is 11.1 Å². The highest BCUT2D eigenvalue weighted by atomic mass is 32.1. The number of carbonyl (C=O) groups is 1. The molecule has 166 valence electrons. The third kappa shape index (κ3) is 8.04. The normalized spacial score (nSPS) is 13.9. The lowest BCUT2D eigenvalue weighted by molar-refractivity contribution is 0.0981. The van der Waals surface area contributed by atoms with Gasteiger partial charge in [0.05, 0.1) is 23.6 Å². The number of rotatable bonds is 13. The summed E-state index contributed by atoms with van der Waals surface area (Å²) in [6.07, 6.45) is 4.49. The molecule has 0 bridgehead atoms. The van der Waals surface area contributed by atoms with Gasteiger partial charge in [0.25, 0.3) is 0 Å². The van der Waals surface area contributed by atoms with Gasteiger partial charge < -0.3 is 20.6 Å². The van der Waals surface area contributed by atoms with Crippen molar-refractivity contribution in [1.29, 1.82) is 0 Å². The fourth-order valence-corrected chi connectivity index (χ4v) is 4.27. The molecular formula is C21H30NO6PS. The summed E-state index contributed by atoms with van der Waals surface area (Å²) in [4.78, 5) is 30.7. The minimum Gasteiger partial charge on any atom is -0.394 e. The van der Waals surface area contributed by atoms with E-state index in [4.69, 9.17) is 15.5 Å². The molecule has 7 nitrogen and oxygen atoms in total. The summed E-state index contributed by atoms with van der Waals surface area (Å²) in [6.45, 7) is 1.23. The van der Waals surface area contributed by atoms with Crippen LogP contribution in [0.1, 0.15) is 54.3 Å². The molecule has 0 spiro atoms. The highest BCUT2D eigenvalue weighted by Gasteiger charge is 2.28. The fraction of sp³-hybridized carbons (Fsp3) is 0.476. The summed E-state index contributed by atoms with van der Waals surface area (Å²) in [5.41, 5.74) is 7.75. The van der Waals surface area contributed by atoms with E-state index >= 15 is 0 Å². The number of phosphoric ester groups is 1. The Morgan fingerprint density at radius 2 is 1.90 bits per heavy atom. The fourth-order valence-electron chi connectivity index (χ4n) is 2.96. The minimum atomic E-state index is -4.64. The Kier molecular flexibility index (Phi) is 9.37. The number of carbonyl (C=O) groups excluding carboxylic acids is 1. The van der Waals surface area contributed by atoms with Gasteiger partial charge in [-0.05, 0) is 47.4 Å². The second-order valence-corrected chi connectivity index (χ2v) is 9.71. The van der Waals surface area contributed by atoms with Gasteiger partial charge in [0, 0.05) is 6.42 Å². The molecule has 2 aromatic rings. The molecule has 1 heterocycles. The van der Waals surface area contributed by atoms with Crippen molar-refractivity contribution in [3.8, 4) is 11.1 Å². The number of benzene rings is 1. The predicted molar refractivity (Wildman–Crippen MR) is 119 cm³/mol. The molecule has 1 atom stereocenters. The lowest BCUT2D eigenvalue weighted by Gasteiger charge is -2.27. The number of phosphoric acid groups is 1. The van der Waals surface area contributed by atoms with Crippen LogP contribution in [0.15, 0.2) is 35.7 Å². The molecule has 2 rings (SSSR count). The first kappa shape index (κ1) is 24.9. The molecule has 0 aliphatic heterocycles. The Balaban J connectivity index is 1.95. The molecule has 0 saturated carbocycles. The van der Waals surface area contributed by atoms with E-state index in [0.717, 1.165) is 40.8 Å². The maximum absolute atomic E-state index is 12.3. The number of nitrogens with two attached hydrogens (primary N) is 1. The predicted octanol–water partition coefficient (Wildman–Crippen LogP) is 3.91. The first-order valence-electron chi connectivity index (χ1n) is 9.96. The number of aliphatic hydroxyl groups excluding tert-OH is 1. The zero-order valence-electron chi connectivity index (χ0n) is 17.1. The smallest absolute Gasteiger partial charge is 0.394 e. The van der Waals surface area contributed by atoms with E-state index in [1.54, 1.807) is 0 Å². The Bertz CT molecular complexity index is 863. The molecule has 0 aliphatic carbocycles. The van der Waals surface area contributed by atoms with E-state index in [1.165, 1.54) is 11.3 Å². The Labute approximate surface area is 181 Å². The van der Waals surface area contributed by atoms with Gasteiger partial charge in [0.1, 0.15) is 0 Å². The first-order valence-corrected chi connectivity index (χ1v) is 12.4. The number of unbranched alkanes of at least 4 members (excludes halogenated alkanes) is 2. The highest BCUT2D eigenvalue weighted by molar-refractivity contribution is 7.46. The van der Waals surface area contributed by atoms with Crippen molar-refractivity contribution in [3.63, 3.8) is 0 Å². The molecule has 0 amide bonds. The molecule has 1 aromatic carbocycles. The van der Waals surface area contributed by atoms with Crippen molar-refractivity contribution < 1.29 is 28.8 Å². The van der Waals surface area contributed by atoms with Gasteiger partial charge in [-0.25, -0.2) is 4.57 Å². The van der Waals surface area contributed by atoms with Gasteiger partial charge in [-0.2, -0.15) is 0 Å².